The molecule has 1 amide bonds. The van der Waals surface area contributed by atoms with E-state index in [1.807, 2.05) is 42.2 Å². The Morgan fingerprint density at radius 3 is 2.55 bits per heavy atom. The van der Waals surface area contributed by atoms with E-state index in [-0.39, 0.29) is 12.5 Å². The van der Waals surface area contributed by atoms with Crippen molar-refractivity contribution >= 4 is 17.1 Å². The first-order chi connectivity index (χ1) is 16.1. The third-order valence-corrected chi connectivity index (χ3v) is 7.45. The number of aromatic nitrogens is 4. The highest BCUT2D eigenvalue weighted by Crippen LogP contribution is 2.36. The minimum atomic E-state index is -0.487. The van der Waals surface area contributed by atoms with Crippen molar-refractivity contribution < 1.29 is 4.79 Å². The molecule has 8 heteroatoms. The number of hydrogen-bond acceptors (Lipinski definition) is 4. The van der Waals surface area contributed by atoms with Crippen molar-refractivity contribution in [3.05, 3.63) is 63.1 Å². The van der Waals surface area contributed by atoms with E-state index in [2.05, 4.69) is 4.98 Å². The normalized spacial score (nSPS) is 20.7. The van der Waals surface area contributed by atoms with Crippen molar-refractivity contribution in [3.63, 3.8) is 0 Å². The SMILES string of the molecule is CCn1cnc2c1c(=O)n(CC(=O)N1CC[C@H]3CCCC[C@H]3C1)c(=O)n2Cc1ccccc1. The molecule has 2 atom stereocenters. The molecule has 1 aromatic carbocycles. The molecule has 8 nitrogen and oxygen atoms in total. The lowest BCUT2D eigenvalue weighted by molar-refractivity contribution is -0.135. The Morgan fingerprint density at radius 2 is 1.79 bits per heavy atom. The van der Waals surface area contributed by atoms with Gasteiger partial charge in [-0.3, -0.25) is 14.2 Å². The zero-order valence-corrected chi connectivity index (χ0v) is 19.2. The largest absolute Gasteiger partial charge is 0.341 e. The van der Waals surface area contributed by atoms with E-state index < -0.39 is 11.2 Å². The van der Waals surface area contributed by atoms with E-state index in [0.29, 0.717) is 42.6 Å². The lowest BCUT2D eigenvalue weighted by Gasteiger charge is -2.41. The molecular weight excluding hydrogens is 418 g/mol. The fraction of sp³-hybridized carbons (Fsp3) is 0.520. The maximum atomic E-state index is 13.5. The van der Waals surface area contributed by atoms with Gasteiger partial charge in [0, 0.05) is 19.6 Å². The number of carbonyl (C=O) groups excluding carboxylic acids is 1. The smallest absolute Gasteiger partial charge is 0.333 e. The fourth-order valence-corrected chi connectivity index (χ4v) is 5.59. The van der Waals surface area contributed by atoms with E-state index in [4.69, 9.17) is 0 Å². The topological polar surface area (TPSA) is 82.1 Å². The van der Waals surface area contributed by atoms with Crippen LogP contribution in [-0.2, 0) is 24.4 Å². The molecule has 1 saturated heterocycles. The molecule has 2 fully saturated rings. The lowest BCUT2D eigenvalue weighted by atomic mass is 9.75. The maximum Gasteiger partial charge on any atom is 0.333 e. The van der Waals surface area contributed by atoms with E-state index >= 15 is 0 Å². The third-order valence-electron chi connectivity index (χ3n) is 7.45. The predicted octanol–water partition coefficient (Wildman–Crippen LogP) is 2.47. The molecule has 2 aromatic heterocycles. The summed E-state index contributed by atoms with van der Waals surface area (Å²) in [5, 5.41) is 0. The quantitative estimate of drug-likeness (QED) is 0.599. The summed E-state index contributed by atoms with van der Waals surface area (Å²) in [6, 6.07) is 9.62. The Hall–Kier alpha value is -3.16. The Labute approximate surface area is 192 Å². The van der Waals surface area contributed by atoms with Crippen molar-refractivity contribution in [3.8, 4) is 0 Å². The second-order valence-corrected chi connectivity index (χ2v) is 9.38. The summed E-state index contributed by atoms with van der Waals surface area (Å²) in [5.41, 5.74) is 0.732. The van der Waals surface area contributed by atoms with Crippen LogP contribution in [0.15, 0.2) is 46.2 Å². The molecule has 174 valence electrons. The van der Waals surface area contributed by atoms with Gasteiger partial charge >= 0.3 is 5.69 Å². The summed E-state index contributed by atoms with van der Waals surface area (Å²) in [4.78, 5) is 46.3. The van der Waals surface area contributed by atoms with Gasteiger partial charge in [0.05, 0.1) is 12.9 Å². The first-order valence-electron chi connectivity index (χ1n) is 12.1. The van der Waals surface area contributed by atoms with Gasteiger partial charge in [-0.15, -0.1) is 0 Å². The van der Waals surface area contributed by atoms with Gasteiger partial charge in [-0.25, -0.2) is 14.3 Å². The minimum absolute atomic E-state index is 0.147. The van der Waals surface area contributed by atoms with Gasteiger partial charge < -0.3 is 9.47 Å². The highest BCUT2D eigenvalue weighted by atomic mass is 16.2. The zero-order valence-electron chi connectivity index (χ0n) is 19.2. The van der Waals surface area contributed by atoms with E-state index in [1.165, 1.54) is 30.3 Å². The molecule has 33 heavy (non-hydrogen) atoms. The van der Waals surface area contributed by atoms with Crippen LogP contribution in [0, 0.1) is 11.8 Å². The number of imidazole rings is 1. The molecule has 5 rings (SSSR count). The molecule has 3 aromatic rings. The number of amides is 1. The molecule has 1 aliphatic heterocycles. The van der Waals surface area contributed by atoms with E-state index in [0.717, 1.165) is 23.1 Å². The number of hydrogen-bond donors (Lipinski definition) is 0. The summed E-state index contributed by atoms with van der Waals surface area (Å²) in [6.45, 7) is 4.00. The van der Waals surface area contributed by atoms with Crippen LogP contribution < -0.4 is 11.2 Å². The summed E-state index contributed by atoms with van der Waals surface area (Å²) < 4.78 is 4.36. The van der Waals surface area contributed by atoms with Crippen molar-refractivity contribution in [2.45, 2.75) is 58.7 Å². The standard InChI is InChI=1S/C25H31N5O3/c1-2-27-17-26-23-22(27)24(32)30(25(33)29(23)14-18-8-4-3-5-9-18)16-21(31)28-13-12-19-10-6-7-11-20(19)15-28/h3-5,8-9,17,19-20H,2,6-7,10-16H2,1H3/t19-,20+/m1/s1. The van der Waals surface area contributed by atoms with Crippen LogP contribution in [0.1, 0.15) is 44.6 Å². The Bertz CT molecular complexity index is 1270. The van der Waals surface area contributed by atoms with Crippen LogP contribution in [-0.4, -0.2) is 42.6 Å². The highest BCUT2D eigenvalue weighted by Gasteiger charge is 2.33. The summed E-state index contributed by atoms with van der Waals surface area (Å²) >= 11 is 0. The predicted molar refractivity (Wildman–Crippen MR) is 126 cm³/mol. The second kappa shape index (κ2) is 9.00. The van der Waals surface area contributed by atoms with Crippen LogP contribution in [0.3, 0.4) is 0 Å². The first-order valence-corrected chi connectivity index (χ1v) is 12.1. The molecular formula is C25H31N5O3. The van der Waals surface area contributed by atoms with Crippen molar-refractivity contribution in [2.75, 3.05) is 13.1 Å². The second-order valence-electron chi connectivity index (χ2n) is 9.38. The molecule has 0 N–H and O–H groups in total. The van der Waals surface area contributed by atoms with Gasteiger partial charge in [-0.05, 0) is 37.2 Å². The number of piperidine rings is 1. The number of likely N-dealkylation sites (tertiary alicyclic amines) is 1. The molecule has 3 heterocycles. The first kappa shape index (κ1) is 21.7. The van der Waals surface area contributed by atoms with Crippen molar-refractivity contribution in [1.82, 2.24) is 23.6 Å². The van der Waals surface area contributed by atoms with E-state index in [1.54, 1.807) is 10.9 Å². The van der Waals surface area contributed by atoms with Crippen LogP contribution in [0.5, 0.6) is 0 Å². The molecule has 0 radical (unpaired) electrons. The average molecular weight is 450 g/mol. The lowest BCUT2D eigenvalue weighted by Crippen LogP contribution is -2.49. The fourth-order valence-electron chi connectivity index (χ4n) is 5.59. The third kappa shape index (κ3) is 4.03. The van der Waals surface area contributed by atoms with Crippen LogP contribution in [0.25, 0.3) is 11.2 Å². The number of carbonyl (C=O) groups is 1. The van der Waals surface area contributed by atoms with Crippen molar-refractivity contribution in [1.29, 1.82) is 0 Å². The average Bonchev–Trinajstić information content (AvgIpc) is 3.29. The number of rotatable bonds is 5. The summed E-state index contributed by atoms with van der Waals surface area (Å²) in [7, 11) is 0. The molecule has 1 aliphatic carbocycles. The highest BCUT2D eigenvalue weighted by molar-refractivity contribution is 5.77. The van der Waals surface area contributed by atoms with Crippen molar-refractivity contribution in [2.24, 2.45) is 11.8 Å². The summed E-state index contributed by atoms with van der Waals surface area (Å²) in [6.07, 6.45) is 7.55. The number of benzene rings is 1. The zero-order chi connectivity index (χ0) is 22.9. The Kier molecular flexibility index (Phi) is 5.91. The molecule has 0 bridgehead atoms. The van der Waals surface area contributed by atoms with Crippen LogP contribution in [0.4, 0.5) is 0 Å². The van der Waals surface area contributed by atoms with Gasteiger partial charge in [-0.1, -0.05) is 49.6 Å². The number of nitrogens with zero attached hydrogens (tertiary/aromatic N) is 5. The minimum Gasteiger partial charge on any atom is -0.341 e. The van der Waals surface area contributed by atoms with Gasteiger partial charge in [0.2, 0.25) is 5.91 Å². The molecule has 0 unspecified atom stereocenters. The Morgan fingerprint density at radius 1 is 1.03 bits per heavy atom. The maximum absolute atomic E-state index is 13.5. The van der Waals surface area contributed by atoms with Gasteiger partial charge in [0.15, 0.2) is 11.2 Å². The molecule has 0 spiro atoms. The Balaban J connectivity index is 1.50. The number of fused-ring (bicyclic) bond motifs is 2. The monoisotopic (exact) mass is 449 g/mol. The summed E-state index contributed by atoms with van der Waals surface area (Å²) in [5.74, 6) is 1.11. The van der Waals surface area contributed by atoms with E-state index in [9.17, 15) is 14.4 Å². The van der Waals surface area contributed by atoms with Gasteiger partial charge in [-0.2, -0.15) is 0 Å². The van der Waals surface area contributed by atoms with Gasteiger partial charge in [0.1, 0.15) is 6.54 Å². The van der Waals surface area contributed by atoms with Crippen LogP contribution in [0.2, 0.25) is 0 Å². The van der Waals surface area contributed by atoms with Gasteiger partial charge in [0.25, 0.3) is 5.56 Å². The molecule has 1 saturated carbocycles. The van der Waals surface area contributed by atoms with Crippen LogP contribution >= 0.6 is 0 Å². The number of aryl methyl sites for hydroxylation is 1. The molecule has 2 aliphatic rings.